The van der Waals surface area contributed by atoms with Crippen LogP contribution in [0.15, 0.2) is 18.2 Å². The molecule has 1 aromatic carbocycles. The van der Waals surface area contributed by atoms with Crippen molar-refractivity contribution in [3.05, 3.63) is 45.2 Å². The first-order chi connectivity index (χ1) is 8.97. The van der Waals surface area contributed by atoms with Gasteiger partial charge in [-0.25, -0.2) is 9.37 Å². The van der Waals surface area contributed by atoms with Crippen LogP contribution < -0.4 is 4.74 Å². The van der Waals surface area contributed by atoms with Gasteiger partial charge in [-0.15, -0.1) is 11.3 Å². The van der Waals surface area contributed by atoms with Gasteiger partial charge in [-0.2, -0.15) is 0 Å². The van der Waals surface area contributed by atoms with Gasteiger partial charge in [0.1, 0.15) is 11.6 Å². The minimum Gasteiger partial charge on any atom is -0.483 e. The largest absolute Gasteiger partial charge is 0.483 e. The molecule has 102 valence electrons. The maximum absolute atomic E-state index is 13.7. The van der Waals surface area contributed by atoms with Gasteiger partial charge in [0, 0.05) is 4.88 Å². The number of thiazole rings is 1. The van der Waals surface area contributed by atoms with E-state index in [-0.39, 0.29) is 12.4 Å². The summed E-state index contributed by atoms with van der Waals surface area (Å²) in [6, 6.07) is 4.48. The summed E-state index contributed by atoms with van der Waals surface area (Å²) in [5.41, 5.74) is 1.51. The van der Waals surface area contributed by atoms with Crippen LogP contribution in [0, 0.1) is 19.7 Å². The smallest absolute Gasteiger partial charge is 0.165 e. The molecule has 19 heavy (non-hydrogen) atoms. The Hall–Kier alpha value is -1.46. The van der Waals surface area contributed by atoms with Crippen molar-refractivity contribution in [3.8, 4) is 5.75 Å². The van der Waals surface area contributed by atoms with Crippen molar-refractivity contribution >= 4 is 11.3 Å². The zero-order chi connectivity index (χ0) is 14.0. The molecule has 0 aliphatic carbocycles. The van der Waals surface area contributed by atoms with Crippen LogP contribution in [0.1, 0.15) is 34.2 Å². The lowest BCUT2D eigenvalue weighted by atomic mass is 10.1. The molecule has 3 nitrogen and oxygen atoms in total. The average Bonchev–Trinajstić information content (AvgIpc) is 2.67. The maximum Gasteiger partial charge on any atom is 0.165 e. The molecule has 0 radical (unpaired) electrons. The van der Waals surface area contributed by atoms with Crippen molar-refractivity contribution < 1.29 is 14.2 Å². The molecule has 2 aromatic rings. The molecule has 1 atom stereocenters. The molecule has 0 bridgehead atoms. The number of halogens is 1. The van der Waals surface area contributed by atoms with Gasteiger partial charge in [0.2, 0.25) is 0 Å². The summed E-state index contributed by atoms with van der Waals surface area (Å²) in [5, 5.41) is 10.2. The van der Waals surface area contributed by atoms with Crippen LogP contribution in [-0.4, -0.2) is 10.1 Å². The molecule has 5 heteroatoms. The van der Waals surface area contributed by atoms with Crippen LogP contribution >= 0.6 is 11.3 Å². The molecule has 0 saturated heterocycles. The van der Waals surface area contributed by atoms with Crippen molar-refractivity contribution in [3.63, 3.8) is 0 Å². The lowest BCUT2D eigenvalue weighted by Gasteiger charge is -2.09. The molecule has 0 saturated carbocycles. The summed E-state index contributed by atoms with van der Waals surface area (Å²) >= 11 is 1.55. The van der Waals surface area contributed by atoms with Crippen LogP contribution in [0.4, 0.5) is 4.39 Å². The van der Waals surface area contributed by atoms with Gasteiger partial charge in [0.25, 0.3) is 0 Å². The van der Waals surface area contributed by atoms with E-state index < -0.39 is 11.9 Å². The fraction of sp³-hybridized carbons (Fsp3) is 0.357. The number of hydrogen-bond acceptors (Lipinski definition) is 4. The molecule has 1 aromatic heterocycles. The summed E-state index contributed by atoms with van der Waals surface area (Å²) in [5.74, 6) is -0.293. The SMILES string of the molecule is Cc1nc(COc2ccc([C@H](C)O)cc2F)sc1C. The Labute approximate surface area is 115 Å². The highest BCUT2D eigenvalue weighted by atomic mass is 32.1. The minimum atomic E-state index is -0.687. The second kappa shape index (κ2) is 5.67. The molecule has 0 fully saturated rings. The van der Waals surface area contributed by atoms with E-state index in [0.717, 1.165) is 15.6 Å². The molecule has 2 rings (SSSR count). The highest BCUT2D eigenvalue weighted by Gasteiger charge is 2.10. The standard InChI is InChI=1S/C14H16FNO2S/c1-8-10(3)19-14(16-8)7-18-13-5-4-11(9(2)17)6-12(13)15/h4-6,9,17H,7H2,1-3H3/t9-/m0/s1. The summed E-state index contributed by atoms with van der Waals surface area (Å²) < 4.78 is 19.2. The molecular formula is C14H16FNO2S. The fourth-order valence-electron chi connectivity index (χ4n) is 1.63. The Morgan fingerprint density at radius 3 is 2.68 bits per heavy atom. The Bertz CT molecular complexity index is 561. The minimum absolute atomic E-state index is 0.176. The van der Waals surface area contributed by atoms with Crippen molar-refractivity contribution in [2.45, 2.75) is 33.5 Å². The first-order valence-corrected chi connectivity index (χ1v) is 6.82. The number of nitrogens with zero attached hydrogens (tertiary/aromatic N) is 1. The molecule has 0 spiro atoms. The Kier molecular flexibility index (Phi) is 4.17. The highest BCUT2D eigenvalue weighted by Crippen LogP contribution is 2.24. The molecule has 0 amide bonds. The topological polar surface area (TPSA) is 42.4 Å². The van der Waals surface area contributed by atoms with Gasteiger partial charge >= 0.3 is 0 Å². The normalized spacial score (nSPS) is 12.5. The summed E-state index contributed by atoms with van der Waals surface area (Å²) in [7, 11) is 0. The number of aliphatic hydroxyl groups is 1. The first kappa shape index (κ1) is 14.0. The molecule has 0 aliphatic rings. The summed E-state index contributed by atoms with van der Waals surface area (Å²) in [6.45, 7) is 5.78. The molecule has 1 heterocycles. The van der Waals surface area contributed by atoms with Crippen LogP contribution in [-0.2, 0) is 6.61 Å². The van der Waals surface area contributed by atoms with E-state index in [0.29, 0.717) is 5.56 Å². The van der Waals surface area contributed by atoms with Crippen LogP contribution in [0.3, 0.4) is 0 Å². The fourth-order valence-corrected chi connectivity index (χ4v) is 2.48. The lowest BCUT2D eigenvalue weighted by molar-refractivity contribution is 0.198. The van der Waals surface area contributed by atoms with Crippen molar-refractivity contribution in [1.82, 2.24) is 4.98 Å². The van der Waals surface area contributed by atoms with Crippen LogP contribution in [0.5, 0.6) is 5.75 Å². The maximum atomic E-state index is 13.7. The van der Waals surface area contributed by atoms with Gasteiger partial charge in [0.05, 0.1) is 11.8 Å². The van der Waals surface area contributed by atoms with E-state index in [2.05, 4.69) is 4.98 Å². The number of aliphatic hydroxyl groups excluding tert-OH is 1. The van der Waals surface area contributed by atoms with E-state index in [1.807, 2.05) is 13.8 Å². The Balaban J connectivity index is 2.07. The van der Waals surface area contributed by atoms with E-state index in [1.54, 1.807) is 24.3 Å². The quantitative estimate of drug-likeness (QED) is 0.932. The van der Waals surface area contributed by atoms with E-state index in [4.69, 9.17) is 4.74 Å². The molecule has 1 N–H and O–H groups in total. The average molecular weight is 281 g/mol. The zero-order valence-corrected chi connectivity index (χ0v) is 11.9. The predicted molar refractivity (Wildman–Crippen MR) is 73.0 cm³/mol. The second-order valence-electron chi connectivity index (χ2n) is 4.40. The van der Waals surface area contributed by atoms with Gasteiger partial charge in [-0.1, -0.05) is 6.07 Å². The van der Waals surface area contributed by atoms with E-state index in [1.165, 1.54) is 12.1 Å². The Morgan fingerprint density at radius 1 is 1.42 bits per heavy atom. The number of ether oxygens (including phenoxy) is 1. The predicted octanol–water partition coefficient (Wildman–Crippen LogP) is 3.53. The second-order valence-corrected chi connectivity index (χ2v) is 5.69. The summed E-state index contributed by atoms with van der Waals surface area (Å²) in [4.78, 5) is 5.47. The molecular weight excluding hydrogens is 265 g/mol. The third-order valence-electron chi connectivity index (χ3n) is 2.86. The monoisotopic (exact) mass is 281 g/mol. The van der Waals surface area contributed by atoms with Crippen LogP contribution in [0.25, 0.3) is 0 Å². The van der Waals surface area contributed by atoms with Gasteiger partial charge in [-0.05, 0) is 38.5 Å². The summed E-state index contributed by atoms with van der Waals surface area (Å²) in [6.07, 6.45) is -0.687. The van der Waals surface area contributed by atoms with Gasteiger partial charge in [-0.3, -0.25) is 0 Å². The lowest BCUT2D eigenvalue weighted by Crippen LogP contribution is -1.99. The van der Waals surface area contributed by atoms with Gasteiger partial charge in [0.15, 0.2) is 11.6 Å². The number of hydrogen-bond donors (Lipinski definition) is 1. The third-order valence-corrected chi connectivity index (χ3v) is 3.91. The molecule has 0 unspecified atom stereocenters. The van der Waals surface area contributed by atoms with Crippen LogP contribution in [0.2, 0.25) is 0 Å². The Morgan fingerprint density at radius 2 is 2.16 bits per heavy atom. The number of aryl methyl sites for hydroxylation is 2. The van der Waals surface area contributed by atoms with E-state index in [9.17, 15) is 9.50 Å². The van der Waals surface area contributed by atoms with E-state index >= 15 is 0 Å². The number of rotatable bonds is 4. The number of aromatic nitrogens is 1. The highest BCUT2D eigenvalue weighted by molar-refractivity contribution is 7.11. The van der Waals surface area contributed by atoms with Crippen molar-refractivity contribution in [2.75, 3.05) is 0 Å². The van der Waals surface area contributed by atoms with Crippen molar-refractivity contribution in [2.24, 2.45) is 0 Å². The molecule has 0 aliphatic heterocycles. The van der Waals surface area contributed by atoms with Gasteiger partial charge < -0.3 is 9.84 Å². The number of benzene rings is 1. The first-order valence-electron chi connectivity index (χ1n) is 6.00. The van der Waals surface area contributed by atoms with Crippen molar-refractivity contribution in [1.29, 1.82) is 0 Å². The zero-order valence-electron chi connectivity index (χ0n) is 11.1. The third kappa shape index (κ3) is 3.30.